The molecule has 0 bridgehead atoms. The molecule has 1 saturated heterocycles. The van der Waals surface area contributed by atoms with Gasteiger partial charge in [0.1, 0.15) is 5.75 Å². The first-order valence-electron chi connectivity index (χ1n) is 8.30. The Morgan fingerprint density at radius 2 is 2.00 bits per heavy atom. The summed E-state index contributed by atoms with van der Waals surface area (Å²) in [6.45, 7) is 1.83. The summed E-state index contributed by atoms with van der Waals surface area (Å²) in [6.07, 6.45) is 1.77. The Balaban J connectivity index is 1.72. The maximum atomic E-state index is 12.2. The van der Waals surface area contributed by atoms with E-state index in [1.54, 1.807) is 18.2 Å². The quantitative estimate of drug-likeness (QED) is 0.534. The van der Waals surface area contributed by atoms with E-state index in [2.05, 4.69) is 31.0 Å². The molecule has 1 aliphatic rings. The second-order valence-corrected chi connectivity index (χ2v) is 7.76. The van der Waals surface area contributed by atoms with Gasteiger partial charge in [-0.15, -0.1) is 0 Å². The minimum atomic E-state index is -0.461. The molecule has 0 aliphatic carbocycles. The van der Waals surface area contributed by atoms with E-state index in [9.17, 15) is 9.59 Å². The molecule has 0 radical (unpaired) electrons. The van der Waals surface area contributed by atoms with E-state index in [1.165, 1.54) is 18.9 Å². The molecular weight excluding hydrogens is 444 g/mol. The number of esters is 1. The highest BCUT2D eigenvalue weighted by Gasteiger charge is 2.23. The van der Waals surface area contributed by atoms with Crippen molar-refractivity contribution in [3.63, 3.8) is 0 Å². The predicted octanol–water partition coefficient (Wildman–Crippen LogP) is 4.20. The molecule has 1 heterocycles. The van der Waals surface area contributed by atoms with Gasteiger partial charge in [0.15, 0.2) is 11.8 Å². The van der Waals surface area contributed by atoms with Crippen molar-refractivity contribution in [2.24, 2.45) is 4.99 Å². The normalized spacial score (nSPS) is 16.3. The minimum Gasteiger partial charge on any atom is -0.481 e. The lowest BCUT2D eigenvalue weighted by atomic mass is 10.2. The van der Waals surface area contributed by atoms with E-state index in [0.29, 0.717) is 20.3 Å². The first kappa shape index (κ1) is 20.2. The Morgan fingerprint density at radius 1 is 1.25 bits per heavy atom. The van der Waals surface area contributed by atoms with Gasteiger partial charge < -0.3 is 14.8 Å². The van der Waals surface area contributed by atoms with Gasteiger partial charge in [0.05, 0.1) is 22.2 Å². The first-order valence-corrected chi connectivity index (χ1v) is 9.91. The Morgan fingerprint density at radius 3 is 2.68 bits per heavy atom. The fourth-order valence-corrected chi connectivity index (χ4v) is 3.64. The lowest BCUT2D eigenvalue weighted by Gasteiger charge is -2.07. The lowest BCUT2D eigenvalue weighted by molar-refractivity contribution is -0.142. The number of nitrogens with zero attached hydrogens (tertiary/aromatic N) is 1. The summed E-state index contributed by atoms with van der Waals surface area (Å²) >= 11 is 4.69. The molecule has 1 aliphatic heterocycles. The molecule has 2 aromatic rings. The SMILES string of the molecule is COC(=O)COc1ccc(/C=C2/SC(=Nc3ccc(C)cc3)NC2=O)cc1Br. The van der Waals surface area contributed by atoms with Gasteiger partial charge in [-0.25, -0.2) is 9.79 Å². The third kappa shape index (κ3) is 5.24. The Hall–Kier alpha value is -2.58. The van der Waals surface area contributed by atoms with Crippen molar-refractivity contribution in [2.45, 2.75) is 6.92 Å². The largest absolute Gasteiger partial charge is 0.481 e. The molecule has 28 heavy (non-hydrogen) atoms. The average molecular weight is 461 g/mol. The van der Waals surface area contributed by atoms with E-state index < -0.39 is 5.97 Å². The number of benzene rings is 2. The Kier molecular flexibility index (Phi) is 6.53. The molecule has 1 fully saturated rings. The molecule has 1 amide bonds. The molecule has 2 aromatic carbocycles. The van der Waals surface area contributed by atoms with Gasteiger partial charge in [-0.2, -0.15) is 0 Å². The number of halogens is 1. The van der Waals surface area contributed by atoms with Gasteiger partial charge in [-0.05, 0) is 70.5 Å². The van der Waals surface area contributed by atoms with Gasteiger partial charge in [-0.3, -0.25) is 4.79 Å². The van der Waals surface area contributed by atoms with Gasteiger partial charge in [0.2, 0.25) is 0 Å². The van der Waals surface area contributed by atoms with Crippen LogP contribution in [0.15, 0.2) is 56.8 Å². The second-order valence-electron chi connectivity index (χ2n) is 5.87. The van der Waals surface area contributed by atoms with Crippen molar-refractivity contribution in [1.82, 2.24) is 5.32 Å². The van der Waals surface area contributed by atoms with Gasteiger partial charge in [0.25, 0.3) is 5.91 Å². The van der Waals surface area contributed by atoms with Gasteiger partial charge in [-0.1, -0.05) is 23.8 Å². The van der Waals surface area contributed by atoms with E-state index >= 15 is 0 Å². The number of rotatable bonds is 5. The van der Waals surface area contributed by atoms with Crippen molar-refractivity contribution >= 4 is 56.5 Å². The Bertz CT molecular complexity index is 971. The summed E-state index contributed by atoms with van der Waals surface area (Å²) in [5.74, 6) is -0.145. The van der Waals surface area contributed by atoms with E-state index in [4.69, 9.17) is 4.74 Å². The summed E-state index contributed by atoms with van der Waals surface area (Å²) in [7, 11) is 1.30. The minimum absolute atomic E-state index is 0.174. The summed E-state index contributed by atoms with van der Waals surface area (Å²) in [6, 6.07) is 13.1. The van der Waals surface area contributed by atoms with Gasteiger partial charge in [0, 0.05) is 0 Å². The molecule has 8 heteroatoms. The van der Waals surface area contributed by atoms with Crippen LogP contribution in [0.1, 0.15) is 11.1 Å². The summed E-state index contributed by atoms with van der Waals surface area (Å²) in [4.78, 5) is 28.4. The number of carbonyl (C=O) groups excluding carboxylic acids is 2. The van der Waals surface area contributed by atoms with Crippen molar-refractivity contribution in [3.05, 3.63) is 63.0 Å². The molecule has 0 atom stereocenters. The van der Waals surface area contributed by atoms with E-state index in [1.807, 2.05) is 37.3 Å². The molecule has 6 nitrogen and oxygen atoms in total. The summed E-state index contributed by atoms with van der Waals surface area (Å²) < 4.78 is 10.6. The highest BCUT2D eigenvalue weighted by molar-refractivity contribution is 9.10. The molecule has 1 N–H and O–H groups in total. The molecular formula is C20H17BrN2O4S. The number of aliphatic imine (C=N–C) groups is 1. The standard InChI is InChI=1S/C20H17BrN2O4S/c1-12-3-6-14(7-4-12)22-20-23-19(25)17(28-20)10-13-5-8-16(15(21)9-13)27-11-18(24)26-2/h3-10H,11H2,1-2H3,(H,22,23,25)/b17-10+. The van der Waals surface area contributed by atoms with Crippen LogP contribution in [0, 0.1) is 6.92 Å². The maximum Gasteiger partial charge on any atom is 0.343 e. The lowest BCUT2D eigenvalue weighted by Crippen LogP contribution is -2.19. The molecule has 3 rings (SSSR count). The highest BCUT2D eigenvalue weighted by Crippen LogP contribution is 2.31. The van der Waals surface area contributed by atoms with Crippen LogP contribution in [0.3, 0.4) is 0 Å². The number of amides is 1. The van der Waals surface area contributed by atoms with Crippen molar-refractivity contribution < 1.29 is 19.1 Å². The number of carbonyl (C=O) groups is 2. The molecule has 0 aromatic heterocycles. The molecule has 0 saturated carbocycles. The van der Waals surface area contributed by atoms with Crippen molar-refractivity contribution in [1.29, 1.82) is 0 Å². The van der Waals surface area contributed by atoms with Crippen molar-refractivity contribution in [3.8, 4) is 5.75 Å². The van der Waals surface area contributed by atoms with Crippen molar-refractivity contribution in [2.75, 3.05) is 13.7 Å². The second kappa shape index (κ2) is 9.07. The third-order valence-corrected chi connectivity index (χ3v) is 5.27. The number of hydrogen-bond acceptors (Lipinski definition) is 6. The van der Waals surface area contributed by atoms with E-state index in [0.717, 1.165) is 16.8 Å². The number of ether oxygens (including phenoxy) is 2. The molecule has 0 unspecified atom stereocenters. The molecule has 0 spiro atoms. The smallest absolute Gasteiger partial charge is 0.343 e. The third-order valence-electron chi connectivity index (χ3n) is 3.74. The van der Waals surface area contributed by atoms with Crippen LogP contribution < -0.4 is 10.1 Å². The molecule has 144 valence electrons. The number of thioether (sulfide) groups is 1. The Labute approximate surface area is 175 Å². The van der Waals surface area contributed by atoms with Crippen LogP contribution in [-0.4, -0.2) is 30.8 Å². The zero-order valence-corrected chi connectivity index (χ0v) is 17.6. The maximum absolute atomic E-state index is 12.2. The summed E-state index contributed by atoms with van der Waals surface area (Å²) in [5, 5.41) is 3.31. The van der Waals surface area contributed by atoms with Crippen LogP contribution in [-0.2, 0) is 14.3 Å². The fourth-order valence-electron chi connectivity index (χ4n) is 2.29. The first-order chi connectivity index (χ1) is 13.4. The van der Waals surface area contributed by atoms with Crippen LogP contribution in [0.25, 0.3) is 6.08 Å². The van der Waals surface area contributed by atoms with E-state index in [-0.39, 0.29) is 12.5 Å². The monoisotopic (exact) mass is 460 g/mol. The zero-order chi connectivity index (χ0) is 20.1. The van der Waals surface area contributed by atoms with Gasteiger partial charge >= 0.3 is 5.97 Å². The zero-order valence-electron chi connectivity index (χ0n) is 15.2. The average Bonchev–Trinajstić information content (AvgIpc) is 3.01. The fraction of sp³-hybridized carbons (Fsp3) is 0.150. The topological polar surface area (TPSA) is 77.0 Å². The number of hydrogen-bond donors (Lipinski definition) is 1. The summed E-state index contributed by atoms with van der Waals surface area (Å²) in [5.41, 5.74) is 2.74. The number of methoxy groups -OCH3 is 1. The van der Waals surface area contributed by atoms with Crippen LogP contribution >= 0.6 is 27.7 Å². The van der Waals surface area contributed by atoms with Crippen LogP contribution in [0.2, 0.25) is 0 Å². The predicted molar refractivity (Wildman–Crippen MR) is 114 cm³/mol. The number of aryl methyl sites for hydroxylation is 1. The van der Waals surface area contributed by atoms with Crippen LogP contribution in [0.4, 0.5) is 5.69 Å². The number of nitrogens with one attached hydrogen (secondary N) is 1. The van der Waals surface area contributed by atoms with Crippen LogP contribution in [0.5, 0.6) is 5.75 Å². The number of amidine groups is 1. The highest BCUT2D eigenvalue weighted by atomic mass is 79.9.